The highest BCUT2D eigenvalue weighted by atomic mass is 32.2. The molecule has 1 rings (SSSR count). The van der Waals surface area contributed by atoms with Gasteiger partial charge in [0.2, 0.25) is 16.9 Å². The molecule has 1 aromatic carbocycles. The minimum Gasteiger partial charge on any atom is -0.354 e. The molecular weight excluding hydrogens is 278 g/mol. The van der Waals surface area contributed by atoms with E-state index in [2.05, 4.69) is 10.6 Å². The van der Waals surface area contributed by atoms with E-state index in [9.17, 15) is 14.4 Å². The van der Waals surface area contributed by atoms with Crippen molar-refractivity contribution in [3.05, 3.63) is 35.9 Å². The first kappa shape index (κ1) is 16.2. The quantitative estimate of drug-likeness (QED) is 0.602. The molecule has 0 bridgehead atoms. The van der Waals surface area contributed by atoms with Crippen molar-refractivity contribution < 1.29 is 14.4 Å². The normalized spacial score (nSPS) is 9.85. The Kier molecular flexibility index (Phi) is 7.38. The van der Waals surface area contributed by atoms with Crippen molar-refractivity contribution in [2.75, 3.05) is 25.4 Å². The van der Waals surface area contributed by atoms with Gasteiger partial charge in [-0.1, -0.05) is 42.1 Å². The standard InChI is InChI=1S/C13H17N3O3S/c14-8-11(17)15-6-7-16-12(18)9-20-13(19)10-4-2-1-3-5-10/h1-5H,6-9,14H2,(H,15,17)(H,16,18). The van der Waals surface area contributed by atoms with Gasteiger partial charge in [0.15, 0.2) is 0 Å². The number of carbonyl (C=O) groups excluding carboxylic acids is 3. The molecule has 0 atom stereocenters. The van der Waals surface area contributed by atoms with Gasteiger partial charge in [-0.25, -0.2) is 0 Å². The number of thioether (sulfide) groups is 1. The second kappa shape index (κ2) is 9.11. The molecule has 20 heavy (non-hydrogen) atoms. The van der Waals surface area contributed by atoms with E-state index in [0.29, 0.717) is 18.7 Å². The molecule has 0 spiro atoms. The van der Waals surface area contributed by atoms with Gasteiger partial charge in [0.05, 0.1) is 12.3 Å². The van der Waals surface area contributed by atoms with Crippen molar-refractivity contribution in [3.63, 3.8) is 0 Å². The molecule has 7 heteroatoms. The van der Waals surface area contributed by atoms with Crippen molar-refractivity contribution >= 4 is 28.7 Å². The van der Waals surface area contributed by atoms with E-state index >= 15 is 0 Å². The predicted octanol–water partition coefficient (Wildman–Crippen LogP) is -0.249. The summed E-state index contributed by atoms with van der Waals surface area (Å²) in [6, 6.07) is 8.77. The van der Waals surface area contributed by atoms with Crippen LogP contribution in [-0.4, -0.2) is 42.3 Å². The maximum atomic E-state index is 11.7. The molecule has 0 aliphatic heterocycles. The lowest BCUT2D eigenvalue weighted by Gasteiger charge is -2.06. The minimum atomic E-state index is -0.270. The van der Waals surface area contributed by atoms with Gasteiger partial charge in [0.25, 0.3) is 0 Å². The second-order valence-corrected chi connectivity index (χ2v) is 4.79. The molecule has 0 heterocycles. The lowest BCUT2D eigenvalue weighted by molar-refractivity contribution is -0.121. The molecular formula is C13H17N3O3S. The molecule has 0 unspecified atom stereocenters. The molecule has 1 aromatic rings. The molecule has 6 nitrogen and oxygen atoms in total. The molecule has 0 aliphatic rings. The Labute approximate surface area is 121 Å². The lowest BCUT2D eigenvalue weighted by Crippen LogP contribution is -2.37. The van der Waals surface area contributed by atoms with Crippen LogP contribution < -0.4 is 16.4 Å². The highest BCUT2D eigenvalue weighted by molar-refractivity contribution is 8.14. The zero-order valence-electron chi connectivity index (χ0n) is 10.9. The van der Waals surface area contributed by atoms with E-state index < -0.39 is 0 Å². The number of amides is 2. The summed E-state index contributed by atoms with van der Waals surface area (Å²) in [7, 11) is 0. The molecule has 0 fully saturated rings. The van der Waals surface area contributed by atoms with Crippen molar-refractivity contribution in [3.8, 4) is 0 Å². The smallest absolute Gasteiger partial charge is 0.233 e. The van der Waals surface area contributed by atoms with Crippen LogP contribution in [0.25, 0.3) is 0 Å². The van der Waals surface area contributed by atoms with Crippen molar-refractivity contribution in [1.29, 1.82) is 0 Å². The summed E-state index contributed by atoms with van der Waals surface area (Å²) in [6.07, 6.45) is 0. The predicted molar refractivity (Wildman–Crippen MR) is 78.3 cm³/mol. The molecule has 0 aromatic heterocycles. The van der Waals surface area contributed by atoms with E-state index in [4.69, 9.17) is 5.73 Å². The third-order valence-electron chi connectivity index (χ3n) is 2.30. The maximum absolute atomic E-state index is 11.7. The van der Waals surface area contributed by atoms with E-state index in [-0.39, 0.29) is 29.2 Å². The topological polar surface area (TPSA) is 101 Å². The lowest BCUT2D eigenvalue weighted by atomic mass is 10.2. The maximum Gasteiger partial charge on any atom is 0.233 e. The fourth-order valence-electron chi connectivity index (χ4n) is 1.32. The van der Waals surface area contributed by atoms with Crippen LogP contribution in [0.4, 0.5) is 0 Å². The van der Waals surface area contributed by atoms with Gasteiger partial charge in [0, 0.05) is 18.7 Å². The van der Waals surface area contributed by atoms with Crippen LogP contribution >= 0.6 is 11.8 Å². The van der Waals surface area contributed by atoms with Crippen LogP contribution in [0.3, 0.4) is 0 Å². The SMILES string of the molecule is NCC(=O)NCCNC(=O)CSC(=O)c1ccccc1. The first-order valence-corrected chi connectivity index (χ1v) is 7.07. The Morgan fingerprint density at radius 3 is 2.20 bits per heavy atom. The number of nitrogens with two attached hydrogens (primary N) is 1. The summed E-state index contributed by atoms with van der Waals surface area (Å²) in [5, 5.41) is 4.99. The van der Waals surface area contributed by atoms with E-state index in [0.717, 1.165) is 11.8 Å². The summed E-state index contributed by atoms with van der Waals surface area (Å²) < 4.78 is 0. The van der Waals surface area contributed by atoms with Gasteiger partial charge < -0.3 is 16.4 Å². The number of hydrogen-bond donors (Lipinski definition) is 3. The summed E-state index contributed by atoms with van der Waals surface area (Å²) >= 11 is 0.948. The first-order valence-electron chi connectivity index (χ1n) is 6.09. The van der Waals surface area contributed by atoms with Crippen LogP contribution in [0, 0.1) is 0 Å². The van der Waals surface area contributed by atoms with Crippen LogP contribution in [0.5, 0.6) is 0 Å². The van der Waals surface area contributed by atoms with Crippen LogP contribution in [0.2, 0.25) is 0 Å². The van der Waals surface area contributed by atoms with Crippen LogP contribution in [-0.2, 0) is 9.59 Å². The van der Waals surface area contributed by atoms with Crippen LogP contribution in [0.1, 0.15) is 10.4 Å². The molecule has 108 valence electrons. The van der Waals surface area contributed by atoms with Gasteiger partial charge in [-0.3, -0.25) is 14.4 Å². The Bertz CT molecular complexity index is 465. The third-order valence-corrected chi connectivity index (χ3v) is 3.20. The zero-order chi connectivity index (χ0) is 14.8. The van der Waals surface area contributed by atoms with Gasteiger partial charge in [-0.2, -0.15) is 0 Å². The van der Waals surface area contributed by atoms with E-state index in [1.165, 1.54) is 0 Å². The molecule has 0 saturated carbocycles. The average molecular weight is 295 g/mol. The summed E-state index contributed by atoms with van der Waals surface area (Å²) in [4.78, 5) is 34.0. The molecule has 0 radical (unpaired) electrons. The zero-order valence-corrected chi connectivity index (χ0v) is 11.7. The first-order chi connectivity index (χ1) is 9.63. The van der Waals surface area contributed by atoms with Gasteiger partial charge in [0.1, 0.15) is 0 Å². The minimum absolute atomic E-state index is 0.0541. The number of nitrogens with one attached hydrogen (secondary N) is 2. The van der Waals surface area contributed by atoms with Crippen LogP contribution in [0.15, 0.2) is 30.3 Å². The third kappa shape index (κ3) is 6.35. The van der Waals surface area contributed by atoms with Gasteiger partial charge in [-0.05, 0) is 0 Å². The van der Waals surface area contributed by atoms with Gasteiger partial charge in [-0.15, -0.1) is 0 Å². The van der Waals surface area contributed by atoms with Crippen molar-refractivity contribution in [1.82, 2.24) is 10.6 Å². The number of rotatable bonds is 7. The number of carbonyl (C=O) groups is 3. The van der Waals surface area contributed by atoms with Crippen molar-refractivity contribution in [2.24, 2.45) is 5.73 Å². The number of benzene rings is 1. The Morgan fingerprint density at radius 2 is 1.60 bits per heavy atom. The Hall–Kier alpha value is -1.86. The summed E-state index contributed by atoms with van der Waals surface area (Å²) in [5.41, 5.74) is 5.68. The molecule has 0 saturated heterocycles. The van der Waals surface area contributed by atoms with Crippen molar-refractivity contribution in [2.45, 2.75) is 0 Å². The summed E-state index contributed by atoms with van der Waals surface area (Å²) in [5.74, 6) is -0.465. The fourth-order valence-corrected chi connectivity index (χ4v) is 1.98. The molecule has 2 amide bonds. The highest BCUT2D eigenvalue weighted by Crippen LogP contribution is 2.11. The Morgan fingerprint density at radius 1 is 1.00 bits per heavy atom. The van der Waals surface area contributed by atoms with Gasteiger partial charge >= 0.3 is 0 Å². The highest BCUT2D eigenvalue weighted by Gasteiger charge is 2.09. The average Bonchev–Trinajstić information content (AvgIpc) is 2.49. The monoisotopic (exact) mass is 295 g/mol. The Balaban J connectivity index is 2.17. The largest absolute Gasteiger partial charge is 0.354 e. The summed E-state index contributed by atoms with van der Waals surface area (Å²) in [6.45, 7) is 0.555. The number of hydrogen-bond acceptors (Lipinski definition) is 5. The second-order valence-electron chi connectivity index (χ2n) is 3.85. The van der Waals surface area contributed by atoms with E-state index in [1.807, 2.05) is 6.07 Å². The fraction of sp³-hybridized carbons (Fsp3) is 0.308. The molecule has 4 N–H and O–H groups in total. The molecule has 0 aliphatic carbocycles. The van der Waals surface area contributed by atoms with E-state index in [1.54, 1.807) is 24.3 Å².